The third-order valence-electron chi connectivity index (χ3n) is 3.09. The fourth-order valence-corrected chi connectivity index (χ4v) is 2.36. The maximum absolute atomic E-state index is 4.37. The van der Waals surface area contributed by atoms with Crippen molar-refractivity contribution in [3.63, 3.8) is 0 Å². The molecular formula is C15H24S. The normalized spacial score (nSPS) is 10.6. The zero-order valence-electron chi connectivity index (χ0n) is 10.4. The summed E-state index contributed by atoms with van der Waals surface area (Å²) in [4.78, 5) is 0. The third kappa shape index (κ3) is 5.07. The van der Waals surface area contributed by atoms with E-state index >= 15 is 0 Å². The van der Waals surface area contributed by atoms with E-state index in [0.717, 1.165) is 5.75 Å². The van der Waals surface area contributed by atoms with Crippen molar-refractivity contribution in [2.45, 2.75) is 57.6 Å². The zero-order valence-corrected chi connectivity index (χ0v) is 11.3. The molecule has 1 rings (SSSR count). The Balaban J connectivity index is 2.21. The van der Waals surface area contributed by atoms with Crippen LogP contribution in [-0.4, -0.2) is 0 Å². The highest BCUT2D eigenvalue weighted by molar-refractivity contribution is 7.79. The first-order valence-electron chi connectivity index (χ1n) is 6.56. The Labute approximate surface area is 106 Å². The van der Waals surface area contributed by atoms with Gasteiger partial charge in [-0.2, -0.15) is 12.6 Å². The van der Waals surface area contributed by atoms with Crippen molar-refractivity contribution >= 4 is 12.6 Å². The molecule has 0 radical (unpaired) electrons. The van der Waals surface area contributed by atoms with E-state index in [-0.39, 0.29) is 0 Å². The van der Waals surface area contributed by atoms with Gasteiger partial charge in [-0.1, -0.05) is 63.3 Å². The lowest BCUT2D eigenvalue weighted by Gasteiger charge is -2.06. The maximum atomic E-state index is 4.37. The molecule has 0 bridgehead atoms. The topological polar surface area (TPSA) is 0 Å². The summed E-state index contributed by atoms with van der Waals surface area (Å²) >= 11 is 4.37. The molecular weight excluding hydrogens is 212 g/mol. The van der Waals surface area contributed by atoms with Crippen LogP contribution in [0, 0.1) is 0 Å². The molecule has 90 valence electrons. The lowest BCUT2D eigenvalue weighted by Crippen LogP contribution is -1.92. The van der Waals surface area contributed by atoms with Crippen LogP contribution in [0.25, 0.3) is 0 Å². The molecule has 0 amide bonds. The van der Waals surface area contributed by atoms with Gasteiger partial charge in [-0.15, -0.1) is 0 Å². The molecule has 1 aromatic rings. The van der Waals surface area contributed by atoms with Gasteiger partial charge in [0.1, 0.15) is 0 Å². The fourth-order valence-electron chi connectivity index (χ4n) is 2.05. The molecule has 1 heteroatoms. The van der Waals surface area contributed by atoms with Crippen molar-refractivity contribution in [2.75, 3.05) is 0 Å². The Morgan fingerprint density at radius 2 is 1.50 bits per heavy atom. The van der Waals surface area contributed by atoms with Crippen molar-refractivity contribution in [2.24, 2.45) is 0 Å². The maximum Gasteiger partial charge on any atom is 0.0157 e. The third-order valence-corrected chi connectivity index (χ3v) is 3.43. The number of thiol groups is 1. The Kier molecular flexibility index (Phi) is 7.41. The molecule has 0 spiro atoms. The minimum Gasteiger partial charge on any atom is -0.175 e. The van der Waals surface area contributed by atoms with Crippen LogP contribution < -0.4 is 0 Å². The number of rotatable bonds is 8. The summed E-state index contributed by atoms with van der Waals surface area (Å²) in [5, 5.41) is 0. The predicted octanol–water partition coefficient (Wildman–Crippen LogP) is 5.02. The van der Waals surface area contributed by atoms with E-state index in [1.54, 1.807) is 0 Å². The molecule has 0 unspecified atom stereocenters. The van der Waals surface area contributed by atoms with Crippen LogP contribution in [0.5, 0.6) is 0 Å². The minimum atomic E-state index is 0.867. The molecule has 0 aliphatic heterocycles. The Morgan fingerprint density at radius 3 is 2.19 bits per heavy atom. The molecule has 0 saturated heterocycles. The number of benzene rings is 1. The standard InChI is InChI=1S/C15H24S/c1-2-3-4-5-6-7-10-14-11-8-9-12-15(14)13-16/h8-9,11-12,16H,2-7,10,13H2,1H3. The summed E-state index contributed by atoms with van der Waals surface area (Å²) < 4.78 is 0. The van der Waals surface area contributed by atoms with Gasteiger partial charge >= 0.3 is 0 Å². The Bertz CT molecular complexity index is 281. The van der Waals surface area contributed by atoms with Crippen molar-refractivity contribution in [1.82, 2.24) is 0 Å². The van der Waals surface area contributed by atoms with Crippen molar-refractivity contribution in [3.8, 4) is 0 Å². The Morgan fingerprint density at radius 1 is 0.875 bits per heavy atom. The highest BCUT2D eigenvalue weighted by Crippen LogP contribution is 2.15. The number of unbranched alkanes of at least 4 members (excludes halogenated alkanes) is 5. The van der Waals surface area contributed by atoms with E-state index < -0.39 is 0 Å². The molecule has 0 aliphatic carbocycles. The highest BCUT2D eigenvalue weighted by Gasteiger charge is 1.99. The second-order valence-electron chi connectivity index (χ2n) is 4.44. The monoisotopic (exact) mass is 236 g/mol. The highest BCUT2D eigenvalue weighted by atomic mass is 32.1. The minimum absolute atomic E-state index is 0.867. The average Bonchev–Trinajstić information content (AvgIpc) is 2.34. The van der Waals surface area contributed by atoms with E-state index in [0.29, 0.717) is 0 Å². The van der Waals surface area contributed by atoms with Crippen LogP contribution in [0.1, 0.15) is 56.6 Å². The van der Waals surface area contributed by atoms with E-state index in [1.807, 2.05) is 0 Å². The first-order chi connectivity index (χ1) is 7.88. The largest absolute Gasteiger partial charge is 0.175 e. The van der Waals surface area contributed by atoms with Gasteiger partial charge in [0.25, 0.3) is 0 Å². The van der Waals surface area contributed by atoms with Crippen LogP contribution in [-0.2, 0) is 12.2 Å². The van der Waals surface area contributed by atoms with Gasteiger partial charge in [0.2, 0.25) is 0 Å². The van der Waals surface area contributed by atoms with Gasteiger partial charge in [-0.3, -0.25) is 0 Å². The number of hydrogen-bond donors (Lipinski definition) is 1. The lowest BCUT2D eigenvalue weighted by molar-refractivity contribution is 0.607. The summed E-state index contributed by atoms with van der Waals surface area (Å²) in [6, 6.07) is 8.69. The molecule has 0 N–H and O–H groups in total. The summed E-state index contributed by atoms with van der Waals surface area (Å²) in [6.07, 6.45) is 9.47. The smallest absolute Gasteiger partial charge is 0.0157 e. The van der Waals surface area contributed by atoms with E-state index in [9.17, 15) is 0 Å². The number of aryl methyl sites for hydroxylation is 1. The van der Waals surface area contributed by atoms with Crippen molar-refractivity contribution < 1.29 is 0 Å². The van der Waals surface area contributed by atoms with E-state index in [2.05, 4.69) is 43.8 Å². The van der Waals surface area contributed by atoms with E-state index in [1.165, 1.54) is 56.1 Å². The predicted molar refractivity (Wildman–Crippen MR) is 76.2 cm³/mol. The molecule has 0 atom stereocenters. The van der Waals surface area contributed by atoms with Gasteiger partial charge in [-0.05, 0) is 24.0 Å². The molecule has 0 fully saturated rings. The summed E-state index contributed by atoms with van der Waals surface area (Å²) in [7, 11) is 0. The second-order valence-corrected chi connectivity index (χ2v) is 4.76. The van der Waals surface area contributed by atoms with Crippen LogP contribution in [0.4, 0.5) is 0 Å². The summed E-state index contributed by atoms with van der Waals surface area (Å²) in [6.45, 7) is 2.27. The molecule has 0 saturated carbocycles. The average molecular weight is 236 g/mol. The van der Waals surface area contributed by atoms with Crippen molar-refractivity contribution in [3.05, 3.63) is 35.4 Å². The van der Waals surface area contributed by atoms with Crippen LogP contribution in [0.15, 0.2) is 24.3 Å². The van der Waals surface area contributed by atoms with Crippen LogP contribution in [0.2, 0.25) is 0 Å². The van der Waals surface area contributed by atoms with Gasteiger partial charge in [-0.25, -0.2) is 0 Å². The lowest BCUT2D eigenvalue weighted by atomic mass is 10.0. The quantitative estimate of drug-likeness (QED) is 0.475. The van der Waals surface area contributed by atoms with Crippen LogP contribution in [0.3, 0.4) is 0 Å². The Hall–Kier alpha value is -0.430. The number of hydrogen-bond acceptors (Lipinski definition) is 1. The van der Waals surface area contributed by atoms with Gasteiger partial charge < -0.3 is 0 Å². The summed E-state index contributed by atoms with van der Waals surface area (Å²) in [5.74, 6) is 0.867. The second kappa shape index (κ2) is 8.69. The first kappa shape index (κ1) is 13.6. The molecule has 0 nitrogen and oxygen atoms in total. The zero-order chi connectivity index (χ0) is 11.6. The molecule has 16 heavy (non-hydrogen) atoms. The molecule has 0 heterocycles. The van der Waals surface area contributed by atoms with Gasteiger partial charge in [0.05, 0.1) is 0 Å². The molecule has 0 aliphatic rings. The van der Waals surface area contributed by atoms with Crippen LogP contribution >= 0.6 is 12.6 Å². The van der Waals surface area contributed by atoms with Gasteiger partial charge in [0.15, 0.2) is 0 Å². The fraction of sp³-hybridized carbons (Fsp3) is 0.600. The molecule has 0 aromatic heterocycles. The SMILES string of the molecule is CCCCCCCCc1ccccc1CS. The summed E-state index contributed by atoms with van der Waals surface area (Å²) in [5.41, 5.74) is 2.90. The first-order valence-corrected chi connectivity index (χ1v) is 7.19. The van der Waals surface area contributed by atoms with E-state index in [4.69, 9.17) is 0 Å². The van der Waals surface area contributed by atoms with Gasteiger partial charge in [0, 0.05) is 5.75 Å². The van der Waals surface area contributed by atoms with Crippen molar-refractivity contribution in [1.29, 1.82) is 0 Å². The molecule has 1 aromatic carbocycles.